The maximum absolute atomic E-state index is 11.9. The third-order valence-corrected chi connectivity index (χ3v) is 2.95. The number of benzene rings is 1. The lowest BCUT2D eigenvalue weighted by Gasteiger charge is -2.03. The Balaban J connectivity index is 2.03. The molecule has 1 N–H and O–H groups in total. The zero-order valence-corrected chi connectivity index (χ0v) is 12.7. The quantitative estimate of drug-likeness (QED) is 0.645. The topological polar surface area (TPSA) is 90.7 Å². The van der Waals surface area contributed by atoms with E-state index >= 15 is 0 Å². The first-order chi connectivity index (χ1) is 11.2. The first-order valence-electron chi connectivity index (χ1n) is 6.78. The summed E-state index contributed by atoms with van der Waals surface area (Å²) in [6.07, 6.45) is 2.70. The number of rotatable bonds is 6. The number of hydrogen-bond acceptors (Lipinski definition) is 6. The van der Waals surface area contributed by atoms with Crippen LogP contribution in [-0.2, 0) is 9.53 Å². The monoisotopic (exact) mass is 316 g/mol. The third-order valence-electron chi connectivity index (χ3n) is 2.95. The van der Waals surface area contributed by atoms with Crippen LogP contribution in [0.4, 0.5) is 0 Å². The maximum atomic E-state index is 11.9. The van der Waals surface area contributed by atoms with Crippen molar-refractivity contribution >= 4 is 11.9 Å². The van der Waals surface area contributed by atoms with Gasteiger partial charge >= 0.3 is 5.97 Å². The fraction of sp³-hybridized carbons (Fsp3) is 0.188. The number of hydrogen-bond donors (Lipinski definition) is 1. The normalized spacial score (nSPS) is 10.5. The van der Waals surface area contributed by atoms with Crippen LogP contribution in [0.5, 0.6) is 5.75 Å². The second-order valence-electron chi connectivity index (χ2n) is 4.41. The Morgan fingerprint density at radius 3 is 2.83 bits per heavy atom. The number of esters is 1. The highest BCUT2D eigenvalue weighted by Crippen LogP contribution is 2.29. The molecule has 1 aromatic heterocycles. The van der Waals surface area contributed by atoms with E-state index in [2.05, 4.69) is 15.2 Å². The fourth-order valence-corrected chi connectivity index (χ4v) is 1.82. The van der Waals surface area contributed by atoms with Crippen LogP contribution in [0.1, 0.15) is 10.5 Å². The van der Waals surface area contributed by atoms with Crippen molar-refractivity contribution in [3.05, 3.63) is 48.2 Å². The Labute approximate surface area is 132 Å². The number of carbonyl (C=O) groups is 2. The standard InChI is InChI=1S/C16H16N2O5/c1-21-13-7-4-3-6-11(13)14-10-12(18-23-14)16(20)17-9-5-8-15(19)22-2/h3-8,10H,9H2,1-2H3,(H,17,20)/b8-5+. The largest absolute Gasteiger partial charge is 0.496 e. The molecule has 1 amide bonds. The molecule has 0 spiro atoms. The maximum Gasteiger partial charge on any atom is 0.330 e. The molecule has 0 saturated heterocycles. The van der Waals surface area contributed by atoms with Gasteiger partial charge in [0.1, 0.15) is 5.75 Å². The van der Waals surface area contributed by atoms with Crippen LogP contribution in [0, 0.1) is 0 Å². The van der Waals surface area contributed by atoms with Crippen LogP contribution >= 0.6 is 0 Å². The van der Waals surface area contributed by atoms with E-state index in [1.54, 1.807) is 19.2 Å². The molecule has 1 heterocycles. The van der Waals surface area contributed by atoms with Crippen molar-refractivity contribution in [1.82, 2.24) is 10.5 Å². The van der Waals surface area contributed by atoms with Gasteiger partial charge in [0.15, 0.2) is 11.5 Å². The predicted molar refractivity (Wildman–Crippen MR) is 82.0 cm³/mol. The molecular formula is C16H16N2O5. The minimum absolute atomic E-state index is 0.136. The Hall–Kier alpha value is -3.09. The molecule has 2 rings (SSSR count). The smallest absolute Gasteiger partial charge is 0.330 e. The number of aromatic nitrogens is 1. The van der Waals surface area contributed by atoms with Gasteiger partial charge in [-0.25, -0.2) is 4.79 Å². The number of para-hydroxylation sites is 1. The van der Waals surface area contributed by atoms with Crippen LogP contribution in [0.25, 0.3) is 11.3 Å². The summed E-state index contributed by atoms with van der Waals surface area (Å²) in [5.74, 6) is 0.151. The Kier molecular flexibility index (Phi) is 5.51. The number of amides is 1. The highest BCUT2D eigenvalue weighted by Gasteiger charge is 2.15. The van der Waals surface area contributed by atoms with Gasteiger partial charge in [-0.1, -0.05) is 23.4 Å². The molecule has 120 valence electrons. The van der Waals surface area contributed by atoms with Crippen molar-refractivity contribution in [2.24, 2.45) is 0 Å². The molecule has 7 nitrogen and oxygen atoms in total. The summed E-state index contributed by atoms with van der Waals surface area (Å²) in [5.41, 5.74) is 0.838. The summed E-state index contributed by atoms with van der Waals surface area (Å²) in [6, 6.07) is 8.78. The molecule has 0 saturated carbocycles. The van der Waals surface area contributed by atoms with Crippen LogP contribution in [-0.4, -0.2) is 37.8 Å². The Morgan fingerprint density at radius 2 is 2.09 bits per heavy atom. The molecule has 2 aromatic rings. The second-order valence-corrected chi connectivity index (χ2v) is 4.41. The molecule has 1 aromatic carbocycles. The molecule has 0 aliphatic heterocycles. The van der Waals surface area contributed by atoms with Gasteiger partial charge in [0.05, 0.1) is 19.8 Å². The zero-order valence-electron chi connectivity index (χ0n) is 12.7. The van der Waals surface area contributed by atoms with E-state index in [1.807, 2.05) is 12.1 Å². The zero-order chi connectivity index (χ0) is 16.7. The lowest BCUT2D eigenvalue weighted by Crippen LogP contribution is -2.23. The number of methoxy groups -OCH3 is 2. The van der Waals surface area contributed by atoms with Crippen LogP contribution in [0.15, 0.2) is 47.0 Å². The van der Waals surface area contributed by atoms with Crippen molar-refractivity contribution in [2.75, 3.05) is 20.8 Å². The number of ether oxygens (including phenoxy) is 2. The summed E-state index contributed by atoms with van der Waals surface area (Å²) >= 11 is 0. The van der Waals surface area contributed by atoms with Crippen molar-refractivity contribution in [1.29, 1.82) is 0 Å². The average Bonchev–Trinajstić information content (AvgIpc) is 3.08. The first kappa shape index (κ1) is 16.3. The number of nitrogens with zero attached hydrogens (tertiary/aromatic N) is 1. The summed E-state index contributed by atoms with van der Waals surface area (Å²) in [7, 11) is 2.83. The molecule has 0 aliphatic rings. The molecule has 0 bridgehead atoms. The van der Waals surface area contributed by atoms with E-state index in [1.165, 1.54) is 25.3 Å². The highest BCUT2D eigenvalue weighted by atomic mass is 16.5. The van der Waals surface area contributed by atoms with Gasteiger partial charge in [-0.15, -0.1) is 0 Å². The lowest BCUT2D eigenvalue weighted by atomic mass is 10.1. The van der Waals surface area contributed by atoms with Gasteiger partial charge in [-0.2, -0.15) is 0 Å². The van der Waals surface area contributed by atoms with E-state index in [0.29, 0.717) is 17.1 Å². The van der Waals surface area contributed by atoms with Crippen molar-refractivity contribution < 1.29 is 23.6 Å². The molecule has 0 radical (unpaired) electrons. The predicted octanol–water partition coefficient (Wildman–Crippen LogP) is 1.81. The van der Waals surface area contributed by atoms with Gasteiger partial charge < -0.3 is 19.3 Å². The minimum atomic E-state index is -0.487. The lowest BCUT2D eigenvalue weighted by molar-refractivity contribution is -0.134. The highest BCUT2D eigenvalue weighted by molar-refractivity contribution is 5.93. The second kappa shape index (κ2) is 7.79. The molecule has 0 aliphatic carbocycles. The molecule has 0 fully saturated rings. The molecular weight excluding hydrogens is 300 g/mol. The van der Waals surface area contributed by atoms with Crippen molar-refractivity contribution in [3.8, 4) is 17.1 Å². The summed E-state index contributed by atoms with van der Waals surface area (Å²) < 4.78 is 14.9. The van der Waals surface area contributed by atoms with Crippen molar-refractivity contribution in [3.63, 3.8) is 0 Å². The van der Waals surface area contributed by atoms with Crippen LogP contribution in [0.3, 0.4) is 0 Å². The van der Waals surface area contributed by atoms with Gasteiger partial charge in [0.2, 0.25) is 0 Å². The molecule has 7 heteroatoms. The summed E-state index contributed by atoms with van der Waals surface area (Å²) in [4.78, 5) is 22.8. The van der Waals surface area contributed by atoms with E-state index in [-0.39, 0.29) is 12.2 Å². The molecule has 0 unspecified atom stereocenters. The van der Waals surface area contributed by atoms with E-state index in [4.69, 9.17) is 9.26 Å². The van der Waals surface area contributed by atoms with Crippen molar-refractivity contribution in [2.45, 2.75) is 0 Å². The van der Waals surface area contributed by atoms with E-state index in [9.17, 15) is 9.59 Å². The SMILES string of the molecule is COC(=O)/C=C/CNC(=O)c1cc(-c2ccccc2OC)on1. The average molecular weight is 316 g/mol. The summed E-state index contributed by atoms with van der Waals surface area (Å²) in [5, 5.41) is 6.32. The molecule has 23 heavy (non-hydrogen) atoms. The van der Waals surface area contributed by atoms with E-state index in [0.717, 1.165) is 0 Å². The van der Waals surface area contributed by atoms with Gasteiger partial charge in [-0.3, -0.25) is 4.79 Å². The fourth-order valence-electron chi connectivity index (χ4n) is 1.82. The Bertz CT molecular complexity index is 721. The van der Waals surface area contributed by atoms with Gasteiger partial charge in [0.25, 0.3) is 5.91 Å². The summed E-state index contributed by atoms with van der Waals surface area (Å²) in [6.45, 7) is 0.171. The van der Waals surface area contributed by atoms with Gasteiger partial charge in [0, 0.05) is 18.7 Å². The number of nitrogens with one attached hydrogen (secondary N) is 1. The number of carbonyl (C=O) groups excluding carboxylic acids is 2. The first-order valence-corrected chi connectivity index (χ1v) is 6.78. The minimum Gasteiger partial charge on any atom is -0.496 e. The van der Waals surface area contributed by atoms with Crippen LogP contribution < -0.4 is 10.1 Å². The van der Waals surface area contributed by atoms with Gasteiger partial charge in [-0.05, 0) is 12.1 Å². The third kappa shape index (κ3) is 4.19. The van der Waals surface area contributed by atoms with E-state index < -0.39 is 11.9 Å². The Morgan fingerprint density at radius 1 is 1.30 bits per heavy atom. The molecule has 0 atom stereocenters. The van der Waals surface area contributed by atoms with Crippen LogP contribution in [0.2, 0.25) is 0 Å².